The van der Waals surface area contributed by atoms with Crippen molar-refractivity contribution in [2.45, 2.75) is 0 Å². The van der Waals surface area contributed by atoms with Crippen molar-refractivity contribution in [3.63, 3.8) is 0 Å². The molecular formula is H3CoFNiO. The van der Waals surface area contributed by atoms with Gasteiger partial charge in [-0.05, 0) is 0 Å². The van der Waals surface area contributed by atoms with Gasteiger partial charge in [-0.1, -0.05) is 0 Å². The van der Waals surface area contributed by atoms with Gasteiger partial charge in [0.2, 0.25) is 0 Å². The molecule has 0 aliphatic heterocycles. The molecule has 0 aliphatic carbocycles. The second kappa shape index (κ2) is 41.0. The summed E-state index contributed by atoms with van der Waals surface area (Å²) < 4.78 is 0. The van der Waals surface area contributed by atoms with Gasteiger partial charge in [0.05, 0.1) is 0 Å². The molecule has 0 saturated heterocycles. The maximum Gasteiger partial charge on any atom is 0 e. The second-order valence-corrected chi connectivity index (χ2v) is 0. The van der Waals surface area contributed by atoms with Crippen LogP contribution in [0.1, 0.15) is 0 Å². The maximum atomic E-state index is 0. The van der Waals surface area contributed by atoms with Crippen LogP contribution in [0.3, 0.4) is 0 Å². The maximum absolute atomic E-state index is 0. The minimum atomic E-state index is 0. The molecule has 0 unspecified atom stereocenters. The van der Waals surface area contributed by atoms with Crippen molar-refractivity contribution in [3.8, 4) is 0 Å². The van der Waals surface area contributed by atoms with Crippen molar-refractivity contribution < 1.29 is 43.5 Å². The molecule has 0 bridgehead atoms. The van der Waals surface area contributed by atoms with E-state index < -0.39 is 0 Å². The van der Waals surface area contributed by atoms with Gasteiger partial charge in [0.15, 0.2) is 0 Å². The van der Waals surface area contributed by atoms with E-state index in [4.69, 9.17) is 0 Å². The third-order valence-corrected chi connectivity index (χ3v) is 0. The molecule has 0 aromatic carbocycles. The Morgan fingerprint density at radius 1 is 1.00 bits per heavy atom. The van der Waals surface area contributed by atoms with Crippen LogP contribution in [0.4, 0.5) is 4.70 Å². The van der Waals surface area contributed by atoms with E-state index in [2.05, 4.69) is 0 Å². The average molecular weight is 156 g/mol. The van der Waals surface area contributed by atoms with Crippen molar-refractivity contribution in [1.82, 2.24) is 0 Å². The number of rotatable bonds is 0. The van der Waals surface area contributed by atoms with Gasteiger partial charge >= 0.3 is 0 Å². The van der Waals surface area contributed by atoms with Gasteiger partial charge in [0, 0.05) is 33.3 Å². The summed E-state index contributed by atoms with van der Waals surface area (Å²) in [5.41, 5.74) is 0. The molecule has 4 heteroatoms. The topological polar surface area (TPSA) is 31.5 Å². The monoisotopic (exact) mass is 155 g/mol. The Morgan fingerprint density at radius 2 is 1.00 bits per heavy atom. The van der Waals surface area contributed by atoms with Gasteiger partial charge in [-0.25, -0.2) is 0 Å². The summed E-state index contributed by atoms with van der Waals surface area (Å²) in [5, 5.41) is 0. The van der Waals surface area contributed by atoms with Gasteiger partial charge in [-0.3, -0.25) is 4.70 Å². The summed E-state index contributed by atoms with van der Waals surface area (Å²) in [6.45, 7) is 0. The molecule has 0 aromatic heterocycles. The number of halogens is 1. The van der Waals surface area contributed by atoms with Gasteiger partial charge in [0.25, 0.3) is 0 Å². The van der Waals surface area contributed by atoms with E-state index in [1.165, 1.54) is 0 Å². The Bertz CT molecular complexity index is 8.00. The van der Waals surface area contributed by atoms with E-state index in [-0.39, 0.29) is 43.5 Å². The Morgan fingerprint density at radius 3 is 1.00 bits per heavy atom. The minimum absolute atomic E-state index is 0. The van der Waals surface area contributed by atoms with E-state index >= 15 is 0 Å². The fourth-order valence-electron chi connectivity index (χ4n) is 0. The molecule has 0 heterocycles. The van der Waals surface area contributed by atoms with Gasteiger partial charge in [-0.2, -0.15) is 0 Å². The fourth-order valence-corrected chi connectivity index (χ4v) is 0. The molecule has 0 aromatic rings. The van der Waals surface area contributed by atoms with Gasteiger partial charge in [-0.15, -0.1) is 0 Å². The molecule has 0 spiro atoms. The molecule has 4 heavy (non-hydrogen) atoms. The standard InChI is InChI=1S/Co.FH.Ni.H2O/h;1H;;1H2. The van der Waals surface area contributed by atoms with Crippen LogP contribution in [0.15, 0.2) is 0 Å². The van der Waals surface area contributed by atoms with E-state index in [1.54, 1.807) is 0 Å². The second-order valence-electron chi connectivity index (χ2n) is 0. The first-order valence-electron chi connectivity index (χ1n) is 0. The first-order valence-corrected chi connectivity index (χ1v) is 0. The van der Waals surface area contributed by atoms with E-state index in [1.807, 2.05) is 0 Å². The van der Waals surface area contributed by atoms with Crippen LogP contribution in [0, 0.1) is 0 Å². The average Bonchev–Trinajstić information content (AvgIpc) is 0. The van der Waals surface area contributed by atoms with E-state index in [9.17, 15) is 0 Å². The van der Waals surface area contributed by atoms with Crippen LogP contribution in [0.2, 0.25) is 0 Å². The molecule has 1 radical (unpaired) electrons. The van der Waals surface area contributed by atoms with Gasteiger partial charge in [0.1, 0.15) is 0 Å². The molecule has 0 atom stereocenters. The van der Waals surface area contributed by atoms with E-state index in [0.717, 1.165) is 0 Å². The molecular weight excluding hydrogens is 153 g/mol. The Hall–Kier alpha value is 0.890. The summed E-state index contributed by atoms with van der Waals surface area (Å²) in [7, 11) is 0. The molecule has 0 rings (SSSR count). The van der Waals surface area contributed by atoms with Crippen molar-refractivity contribution >= 4 is 0 Å². The summed E-state index contributed by atoms with van der Waals surface area (Å²) in [6, 6.07) is 0. The molecule has 2 N–H and O–H groups in total. The summed E-state index contributed by atoms with van der Waals surface area (Å²) in [6.07, 6.45) is 0. The quantitative estimate of drug-likeness (QED) is 0.416. The minimum Gasteiger partial charge on any atom is -0.412 e. The molecule has 35 valence electrons. The van der Waals surface area contributed by atoms with Crippen molar-refractivity contribution in [2.24, 2.45) is 0 Å². The smallest absolute Gasteiger partial charge is 0 e. The van der Waals surface area contributed by atoms with Gasteiger partial charge < -0.3 is 5.48 Å². The SMILES string of the molecule is F.O.[Co].[Ni]. The summed E-state index contributed by atoms with van der Waals surface area (Å²) in [5.74, 6) is 0. The summed E-state index contributed by atoms with van der Waals surface area (Å²) >= 11 is 0. The molecule has 0 aliphatic rings. The van der Waals surface area contributed by atoms with Crippen LogP contribution in [0.5, 0.6) is 0 Å². The molecule has 1 nitrogen and oxygen atoms in total. The zero-order valence-electron chi connectivity index (χ0n) is 1.56. The van der Waals surface area contributed by atoms with Crippen molar-refractivity contribution in [1.29, 1.82) is 0 Å². The third kappa shape index (κ3) is 13.0. The molecule has 0 saturated carbocycles. The normalized spacial score (nSPS) is 0. The number of hydrogen-bond acceptors (Lipinski definition) is 0. The van der Waals surface area contributed by atoms with Crippen LogP contribution in [-0.2, 0) is 33.3 Å². The Kier molecular flexibility index (Phi) is 958. The van der Waals surface area contributed by atoms with Crippen LogP contribution in [-0.4, -0.2) is 5.48 Å². The van der Waals surface area contributed by atoms with E-state index in [0.29, 0.717) is 0 Å². The predicted octanol–water partition coefficient (Wildman–Crippen LogP) is -0.677. The predicted molar refractivity (Wildman–Crippen MR) is 6.12 cm³/mol. The van der Waals surface area contributed by atoms with Crippen LogP contribution < -0.4 is 0 Å². The van der Waals surface area contributed by atoms with Crippen molar-refractivity contribution in [3.05, 3.63) is 0 Å². The fraction of sp³-hybridized carbons (Fsp3) is 0. The Labute approximate surface area is 43.9 Å². The summed E-state index contributed by atoms with van der Waals surface area (Å²) in [4.78, 5) is 0. The zero-order chi connectivity index (χ0) is 0. The largest absolute Gasteiger partial charge is 0.412 e. The third-order valence-electron chi connectivity index (χ3n) is 0. The Balaban J connectivity index is 0. The molecule has 0 amide bonds. The molecule has 0 fully saturated rings. The zero-order valence-corrected chi connectivity index (χ0v) is 3.59. The first kappa shape index (κ1) is 93.4. The first-order chi connectivity index (χ1) is 0. The van der Waals surface area contributed by atoms with Crippen LogP contribution in [0.25, 0.3) is 0 Å². The van der Waals surface area contributed by atoms with Crippen molar-refractivity contribution in [2.75, 3.05) is 0 Å². The van der Waals surface area contributed by atoms with Crippen LogP contribution >= 0.6 is 0 Å². The number of hydrogen-bond donors (Lipinski definition) is 0.